The lowest BCUT2D eigenvalue weighted by molar-refractivity contribution is -0.0695. The smallest absolute Gasteiger partial charge is 0.336 e. The fraction of sp³-hybridized carbons (Fsp3) is 0.429. The van der Waals surface area contributed by atoms with Crippen LogP contribution in [0.3, 0.4) is 0 Å². The van der Waals surface area contributed by atoms with Gasteiger partial charge >= 0.3 is 5.97 Å². The molecule has 2 atom stereocenters. The third kappa shape index (κ3) is 2.71. The van der Waals surface area contributed by atoms with E-state index >= 15 is 0 Å². The molecule has 1 fully saturated rings. The molecule has 0 heterocycles. The number of aliphatic hydroxyl groups is 1. The first-order valence-corrected chi connectivity index (χ1v) is 7.03. The highest BCUT2D eigenvalue weighted by Gasteiger charge is 2.47. The number of carbonyl (C=O) groups is 2. The van der Waals surface area contributed by atoms with Crippen LogP contribution < -0.4 is 5.32 Å². The summed E-state index contributed by atoms with van der Waals surface area (Å²) in [6, 6.07) is 4.05. The van der Waals surface area contributed by atoms with Crippen molar-refractivity contribution in [1.82, 2.24) is 5.32 Å². The van der Waals surface area contributed by atoms with Gasteiger partial charge in [0.1, 0.15) is 0 Å². The lowest BCUT2D eigenvalue weighted by atomic mass is 9.65. The number of rotatable bonds is 3. The Morgan fingerprint density at radius 2 is 2.05 bits per heavy atom. The molecule has 5 nitrogen and oxygen atoms in total. The first-order valence-electron chi connectivity index (χ1n) is 6.24. The average molecular weight is 342 g/mol. The van der Waals surface area contributed by atoms with Crippen LogP contribution in [0, 0.1) is 5.41 Å². The Hall–Kier alpha value is -1.40. The minimum absolute atomic E-state index is 0.103. The van der Waals surface area contributed by atoms with E-state index in [0.717, 1.165) is 0 Å². The summed E-state index contributed by atoms with van der Waals surface area (Å²) < 4.78 is 0.354. The van der Waals surface area contributed by atoms with Gasteiger partial charge in [-0.25, -0.2) is 4.79 Å². The second kappa shape index (κ2) is 5.18. The van der Waals surface area contributed by atoms with Crippen LogP contribution in [-0.4, -0.2) is 34.2 Å². The maximum Gasteiger partial charge on any atom is 0.336 e. The molecule has 1 aliphatic rings. The highest BCUT2D eigenvalue weighted by Crippen LogP contribution is 2.40. The van der Waals surface area contributed by atoms with E-state index in [1.54, 1.807) is 0 Å². The zero-order valence-electron chi connectivity index (χ0n) is 11.2. The Morgan fingerprint density at radius 3 is 2.50 bits per heavy atom. The summed E-state index contributed by atoms with van der Waals surface area (Å²) in [4.78, 5) is 22.9. The van der Waals surface area contributed by atoms with Gasteiger partial charge in [0.05, 0.1) is 17.7 Å². The first-order chi connectivity index (χ1) is 9.22. The molecule has 1 aliphatic carbocycles. The van der Waals surface area contributed by atoms with Crippen LogP contribution >= 0.6 is 15.9 Å². The lowest BCUT2D eigenvalue weighted by Gasteiger charge is -2.48. The molecule has 3 N–H and O–H groups in total. The zero-order chi connectivity index (χ0) is 15.1. The molecule has 1 aromatic rings. The SMILES string of the molecule is CC1(C)C[C@@H](NC(=O)c2ccc(C(=O)O)c(Br)c2)[C@H]1O. The molecule has 0 spiro atoms. The summed E-state index contributed by atoms with van der Waals surface area (Å²) in [5.74, 6) is -1.37. The normalized spacial score (nSPS) is 23.8. The van der Waals surface area contributed by atoms with Gasteiger partial charge < -0.3 is 15.5 Å². The molecular weight excluding hydrogens is 326 g/mol. The standard InChI is InChI=1S/C14H16BrNO4/c1-14(2)6-10(11(14)17)16-12(18)7-3-4-8(13(19)20)9(15)5-7/h3-5,10-11,17H,6H2,1-2H3,(H,16,18)(H,19,20)/t10-,11-/m1/s1. The summed E-state index contributed by atoms with van der Waals surface area (Å²) in [5.41, 5.74) is 0.288. The van der Waals surface area contributed by atoms with E-state index in [4.69, 9.17) is 5.11 Å². The van der Waals surface area contributed by atoms with Gasteiger partial charge in [-0.1, -0.05) is 13.8 Å². The molecule has 0 aromatic heterocycles. The Labute approximate surface area is 125 Å². The van der Waals surface area contributed by atoms with Crippen LogP contribution in [0.25, 0.3) is 0 Å². The number of aliphatic hydroxyl groups excluding tert-OH is 1. The van der Waals surface area contributed by atoms with Gasteiger partial charge in [-0.05, 0) is 46.0 Å². The number of aromatic carboxylic acids is 1. The van der Waals surface area contributed by atoms with Gasteiger partial charge in [0, 0.05) is 10.0 Å². The molecule has 2 rings (SSSR count). The molecule has 1 aromatic carbocycles. The van der Waals surface area contributed by atoms with Crippen molar-refractivity contribution in [2.45, 2.75) is 32.4 Å². The van der Waals surface area contributed by atoms with Gasteiger partial charge in [-0.3, -0.25) is 4.79 Å². The van der Waals surface area contributed by atoms with E-state index in [-0.39, 0.29) is 22.9 Å². The Morgan fingerprint density at radius 1 is 1.40 bits per heavy atom. The van der Waals surface area contributed by atoms with E-state index in [0.29, 0.717) is 16.5 Å². The minimum atomic E-state index is -1.06. The predicted octanol–water partition coefficient (Wildman–Crippen LogP) is 2.04. The van der Waals surface area contributed by atoms with Crippen LogP contribution in [-0.2, 0) is 0 Å². The molecule has 0 saturated heterocycles. The summed E-state index contributed by atoms with van der Waals surface area (Å²) in [7, 11) is 0. The van der Waals surface area contributed by atoms with E-state index in [2.05, 4.69) is 21.2 Å². The van der Waals surface area contributed by atoms with Crippen LogP contribution in [0.5, 0.6) is 0 Å². The Bertz CT molecular complexity index is 570. The molecule has 1 amide bonds. The number of halogens is 1. The van der Waals surface area contributed by atoms with Gasteiger partial charge in [-0.2, -0.15) is 0 Å². The van der Waals surface area contributed by atoms with Gasteiger partial charge in [0.25, 0.3) is 5.91 Å². The van der Waals surface area contributed by atoms with Crippen LogP contribution in [0.1, 0.15) is 41.0 Å². The van der Waals surface area contributed by atoms with E-state index < -0.39 is 12.1 Å². The lowest BCUT2D eigenvalue weighted by Crippen LogP contribution is -2.60. The third-order valence-corrected chi connectivity index (χ3v) is 4.36. The van der Waals surface area contributed by atoms with Crippen molar-refractivity contribution < 1.29 is 19.8 Å². The summed E-state index contributed by atoms with van der Waals surface area (Å²) in [5, 5.41) is 21.6. The summed E-state index contributed by atoms with van der Waals surface area (Å²) >= 11 is 3.13. The average Bonchev–Trinajstić information content (AvgIpc) is 2.36. The number of hydrogen-bond donors (Lipinski definition) is 3. The molecule has 108 valence electrons. The second-order valence-corrected chi connectivity index (χ2v) is 6.57. The number of carboxylic acids is 1. The van der Waals surface area contributed by atoms with E-state index in [1.165, 1.54) is 18.2 Å². The maximum absolute atomic E-state index is 12.0. The largest absolute Gasteiger partial charge is 0.478 e. The highest BCUT2D eigenvalue weighted by atomic mass is 79.9. The van der Waals surface area contributed by atoms with Crippen molar-refractivity contribution in [2.75, 3.05) is 0 Å². The molecule has 20 heavy (non-hydrogen) atoms. The number of carboxylic acid groups (broad SMARTS) is 1. The summed E-state index contributed by atoms with van der Waals surface area (Å²) in [6.45, 7) is 3.89. The van der Waals surface area contributed by atoms with E-state index in [9.17, 15) is 14.7 Å². The third-order valence-electron chi connectivity index (χ3n) is 3.71. The van der Waals surface area contributed by atoms with Crippen molar-refractivity contribution in [1.29, 1.82) is 0 Å². The van der Waals surface area contributed by atoms with Crippen molar-refractivity contribution in [3.63, 3.8) is 0 Å². The number of carbonyl (C=O) groups excluding carboxylic acids is 1. The summed E-state index contributed by atoms with van der Waals surface area (Å²) in [6.07, 6.45) is 0.155. The molecule has 0 unspecified atom stereocenters. The number of nitrogens with one attached hydrogen (secondary N) is 1. The van der Waals surface area contributed by atoms with Crippen molar-refractivity contribution in [3.8, 4) is 0 Å². The molecule has 0 radical (unpaired) electrons. The van der Waals surface area contributed by atoms with Gasteiger partial charge in [0.2, 0.25) is 0 Å². The van der Waals surface area contributed by atoms with Crippen molar-refractivity contribution >= 4 is 27.8 Å². The topological polar surface area (TPSA) is 86.6 Å². The van der Waals surface area contributed by atoms with Crippen molar-refractivity contribution in [2.24, 2.45) is 5.41 Å². The minimum Gasteiger partial charge on any atom is -0.478 e. The molecule has 1 saturated carbocycles. The van der Waals surface area contributed by atoms with Gasteiger partial charge in [0.15, 0.2) is 0 Å². The van der Waals surface area contributed by atoms with Crippen molar-refractivity contribution in [3.05, 3.63) is 33.8 Å². The molecule has 0 bridgehead atoms. The fourth-order valence-corrected chi connectivity index (χ4v) is 2.94. The predicted molar refractivity (Wildman–Crippen MR) is 76.8 cm³/mol. The van der Waals surface area contributed by atoms with Gasteiger partial charge in [-0.15, -0.1) is 0 Å². The number of benzene rings is 1. The zero-order valence-corrected chi connectivity index (χ0v) is 12.8. The molecular formula is C14H16BrNO4. The first kappa shape index (κ1) is 15.0. The number of amides is 1. The highest BCUT2D eigenvalue weighted by molar-refractivity contribution is 9.10. The molecule has 0 aliphatic heterocycles. The van der Waals surface area contributed by atoms with Crippen LogP contribution in [0.2, 0.25) is 0 Å². The monoisotopic (exact) mass is 341 g/mol. The van der Waals surface area contributed by atoms with Crippen LogP contribution in [0.4, 0.5) is 0 Å². The Balaban J connectivity index is 2.07. The Kier molecular flexibility index (Phi) is 3.88. The fourth-order valence-electron chi connectivity index (χ4n) is 2.39. The second-order valence-electron chi connectivity index (χ2n) is 5.72. The quantitative estimate of drug-likeness (QED) is 0.785. The molecule has 6 heteroatoms. The number of hydrogen-bond acceptors (Lipinski definition) is 3. The van der Waals surface area contributed by atoms with Crippen LogP contribution in [0.15, 0.2) is 22.7 Å². The van der Waals surface area contributed by atoms with E-state index in [1.807, 2.05) is 13.8 Å². The maximum atomic E-state index is 12.0.